The average Bonchev–Trinajstić information content (AvgIpc) is 3.08. The smallest absolute Gasteiger partial charge is 0.313 e. The molecule has 6 rings (SSSR count). The van der Waals surface area contributed by atoms with Gasteiger partial charge in [-0.05, 0) is 96.1 Å². The van der Waals surface area contributed by atoms with Crippen molar-refractivity contribution in [1.29, 1.82) is 0 Å². The number of carbonyl (C=O) groups excluding carboxylic acids is 2. The van der Waals surface area contributed by atoms with Crippen LogP contribution in [0.4, 0.5) is 14.5 Å². The van der Waals surface area contributed by atoms with Gasteiger partial charge in [0, 0.05) is 18.5 Å². The van der Waals surface area contributed by atoms with Gasteiger partial charge in [-0.3, -0.25) is 9.59 Å². The van der Waals surface area contributed by atoms with Crippen molar-refractivity contribution in [2.75, 3.05) is 11.5 Å². The molecule has 0 aliphatic carbocycles. The summed E-state index contributed by atoms with van der Waals surface area (Å²) in [5, 5.41) is 30.2. The number of aliphatic hydroxyl groups is 3. The van der Waals surface area contributed by atoms with Crippen LogP contribution in [0.1, 0.15) is 60.9 Å². The van der Waals surface area contributed by atoms with Gasteiger partial charge in [0.2, 0.25) is 5.91 Å². The zero-order chi connectivity index (χ0) is 34.7. The van der Waals surface area contributed by atoms with E-state index in [2.05, 4.69) is 0 Å². The molecular formula is C39H39F2NO7. The van der Waals surface area contributed by atoms with Crippen molar-refractivity contribution in [2.45, 2.75) is 69.5 Å². The molecule has 1 unspecified atom stereocenters. The number of esters is 1. The zero-order valence-corrected chi connectivity index (χ0v) is 27.0. The lowest BCUT2D eigenvalue weighted by atomic mass is 9.76. The Hall–Kier alpha value is -4.48. The molecule has 256 valence electrons. The molecule has 4 aromatic rings. The van der Waals surface area contributed by atoms with Crippen LogP contribution in [-0.2, 0) is 14.3 Å². The molecule has 1 amide bonds. The highest BCUT2D eigenvalue weighted by Crippen LogP contribution is 2.47. The molecule has 6 atom stereocenters. The predicted octanol–water partition coefficient (Wildman–Crippen LogP) is 6.35. The minimum Gasteiger partial charge on any atom is -0.426 e. The summed E-state index contributed by atoms with van der Waals surface area (Å²) in [6.45, 7) is 1.75. The molecule has 2 saturated heterocycles. The molecule has 0 bridgehead atoms. The van der Waals surface area contributed by atoms with Gasteiger partial charge in [-0.2, -0.15) is 0 Å². The maximum absolute atomic E-state index is 13.8. The van der Waals surface area contributed by atoms with Gasteiger partial charge < -0.3 is 29.7 Å². The number of hydrogen-bond acceptors (Lipinski definition) is 7. The van der Waals surface area contributed by atoms with Crippen molar-refractivity contribution in [1.82, 2.24) is 0 Å². The second kappa shape index (κ2) is 15.0. The molecule has 2 heterocycles. The third-order valence-corrected chi connectivity index (χ3v) is 9.39. The highest BCUT2D eigenvalue weighted by Gasteiger charge is 2.49. The zero-order valence-electron chi connectivity index (χ0n) is 27.0. The number of amides is 1. The first-order valence-electron chi connectivity index (χ1n) is 16.5. The Morgan fingerprint density at radius 2 is 1.55 bits per heavy atom. The molecule has 10 heteroatoms. The summed E-state index contributed by atoms with van der Waals surface area (Å²) in [5.41, 5.74) is 4.84. The lowest BCUT2D eigenvalue weighted by molar-refractivity contribution is -0.147. The molecule has 49 heavy (non-hydrogen) atoms. The maximum Gasteiger partial charge on any atom is 0.313 e. The Bertz CT molecular complexity index is 1760. The molecule has 0 aromatic heterocycles. The van der Waals surface area contributed by atoms with Gasteiger partial charge in [0.25, 0.3) is 0 Å². The van der Waals surface area contributed by atoms with Crippen molar-refractivity contribution in [3.05, 3.63) is 119 Å². The number of ether oxygens (including phenoxy) is 2. The van der Waals surface area contributed by atoms with Gasteiger partial charge in [0.05, 0.1) is 49.4 Å². The van der Waals surface area contributed by atoms with E-state index in [1.807, 2.05) is 37.3 Å². The van der Waals surface area contributed by atoms with Gasteiger partial charge in [-0.25, -0.2) is 8.78 Å². The first-order valence-corrected chi connectivity index (χ1v) is 16.5. The second-order valence-corrected chi connectivity index (χ2v) is 12.8. The van der Waals surface area contributed by atoms with Crippen molar-refractivity contribution < 1.29 is 43.2 Å². The molecule has 2 aliphatic heterocycles. The van der Waals surface area contributed by atoms with Crippen molar-refractivity contribution in [3.8, 4) is 16.9 Å². The summed E-state index contributed by atoms with van der Waals surface area (Å²) in [4.78, 5) is 27.8. The third kappa shape index (κ3) is 7.89. The minimum absolute atomic E-state index is 0.0409. The molecule has 2 aliphatic rings. The highest BCUT2D eigenvalue weighted by atomic mass is 19.1. The van der Waals surface area contributed by atoms with Crippen LogP contribution in [0, 0.1) is 24.5 Å². The molecule has 8 nitrogen and oxygen atoms in total. The highest BCUT2D eigenvalue weighted by molar-refractivity contribution is 6.03. The number of aliphatic hydroxyl groups excluding tert-OH is 3. The van der Waals surface area contributed by atoms with E-state index < -0.39 is 42.1 Å². The van der Waals surface area contributed by atoms with Crippen LogP contribution in [0.15, 0.2) is 91.0 Å². The number of hydrogen-bond donors (Lipinski definition) is 3. The first-order chi connectivity index (χ1) is 23.6. The number of β-lactam (4-membered cyclic amide) rings is 1. The summed E-state index contributed by atoms with van der Waals surface area (Å²) in [7, 11) is 0. The normalized spacial score (nSPS) is 22.8. The average molecular weight is 672 g/mol. The molecule has 2 fully saturated rings. The molecule has 3 N–H and O–H groups in total. The second-order valence-electron chi connectivity index (χ2n) is 12.8. The van der Waals surface area contributed by atoms with Crippen molar-refractivity contribution in [2.24, 2.45) is 5.92 Å². The Kier molecular flexibility index (Phi) is 10.5. The largest absolute Gasteiger partial charge is 0.426 e. The van der Waals surface area contributed by atoms with Gasteiger partial charge in [0.1, 0.15) is 17.4 Å². The first kappa shape index (κ1) is 34.4. The topological polar surface area (TPSA) is 117 Å². The quantitative estimate of drug-likeness (QED) is 0.0967. The van der Waals surface area contributed by atoms with E-state index >= 15 is 0 Å². The minimum atomic E-state index is -0.855. The van der Waals surface area contributed by atoms with Gasteiger partial charge in [-0.1, -0.05) is 42.5 Å². The van der Waals surface area contributed by atoms with E-state index in [0.717, 1.165) is 22.3 Å². The Balaban J connectivity index is 1.16. The van der Waals surface area contributed by atoms with Crippen LogP contribution >= 0.6 is 0 Å². The monoisotopic (exact) mass is 671 g/mol. The predicted molar refractivity (Wildman–Crippen MR) is 179 cm³/mol. The standard InChI is InChI=1S/C39H39F2NO7/c1-23-18-26(24-4-13-31(14-5-24)49-37(46)21-32-19-30(44)20-33(22-43)48-32)6-15-34(23)38-35(16-17-36(45)25-2-7-27(40)8-3-25)39(47)42(38)29-11-9-28(41)10-12-29/h2-15,18,30,32-33,35-36,38,43-45H,16-17,19-22H2,1H3/t30-,32?,33+,35-,36+,38-/m1/s1. The summed E-state index contributed by atoms with van der Waals surface area (Å²) < 4.78 is 38.3. The fourth-order valence-corrected chi connectivity index (χ4v) is 6.86. The van der Waals surface area contributed by atoms with Crippen LogP contribution < -0.4 is 9.64 Å². The van der Waals surface area contributed by atoms with Crippen molar-refractivity contribution >= 4 is 17.6 Å². The number of benzene rings is 4. The molecule has 0 saturated carbocycles. The number of aryl methyl sites for hydroxylation is 1. The summed E-state index contributed by atoms with van der Waals surface area (Å²) in [5.74, 6) is -1.46. The lowest BCUT2D eigenvalue weighted by Crippen LogP contribution is -2.55. The number of anilines is 1. The summed E-state index contributed by atoms with van der Waals surface area (Å²) >= 11 is 0. The van der Waals surface area contributed by atoms with E-state index in [-0.39, 0.29) is 30.8 Å². The fraction of sp³-hybridized carbons (Fsp3) is 0.333. The molecule has 0 radical (unpaired) electrons. The molecule has 4 aromatic carbocycles. The number of nitrogens with zero attached hydrogens (tertiary/aromatic N) is 1. The van der Waals surface area contributed by atoms with Crippen LogP contribution in [-0.4, -0.2) is 52.1 Å². The van der Waals surface area contributed by atoms with Crippen LogP contribution in [0.2, 0.25) is 0 Å². The number of halogens is 2. The SMILES string of the molecule is Cc1cc(-c2ccc(OC(=O)CC3C[C@@H](O)C[C@@H](CO)O3)cc2)ccc1[C@@H]1[C@@H](CC[C@H](O)c2ccc(F)cc2)C(=O)N1c1ccc(F)cc1. The fourth-order valence-electron chi connectivity index (χ4n) is 6.86. The number of carbonyl (C=O) groups is 2. The van der Waals surface area contributed by atoms with E-state index in [4.69, 9.17) is 9.47 Å². The van der Waals surface area contributed by atoms with Crippen LogP contribution in [0.5, 0.6) is 5.75 Å². The van der Waals surface area contributed by atoms with Gasteiger partial charge >= 0.3 is 5.97 Å². The Labute approximate surface area is 283 Å². The Morgan fingerprint density at radius 3 is 2.20 bits per heavy atom. The maximum atomic E-state index is 13.8. The van der Waals surface area contributed by atoms with E-state index in [9.17, 15) is 33.7 Å². The summed E-state index contributed by atoms with van der Waals surface area (Å²) in [6.07, 6.45) is -1.22. The van der Waals surface area contributed by atoms with Gasteiger partial charge in [0.15, 0.2) is 0 Å². The summed E-state index contributed by atoms with van der Waals surface area (Å²) in [6, 6.07) is 24.2. The van der Waals surface area contributed by atoms with Crippen LogP contribution in [0.25, 0.3) is 11.1 Å². The van der Waals surface area contributed by atoms with E-state index in [0.29, 0.717) is 42.7 Å². The third-order valence-electron chi connectivity index (χ3n) is 9.39. The number of rotatable bonds is 11. The van der Waals surface area contributed by atoms with Gasteiger partial charge in [-0.15, -0.1) is 0 Å². The van der Waals surface area contributed by atoms with E-state index in [1.54, 1.807) is 29.2 Å². The molecule has 0 spiro atoms. The Morgan fingerprint density at radius 1 is 0.918 bits per heavy atom. The van der Waals surface area contributed by atoms with E-state index in [1.165, 1.54) is 36.4 Å². The van der Waals surface area contributed by atoms with Crippen LogP contribution in [0.3, 0.4) is 0 Å². The molecular weight excluding hydrogens is 632 g/mol. The van der Waals surface area contributed by atoms with Crippen molar-refractivity contribution in [3.63, 3.8) is 0 Å². The lowest BCUT2D eigenvalue weighted by Gasteiger charge is -2.48.